The molecule has 0 aliphatic heterocycles. The van der Waals surface area contributed by atoms with Crippen LogP contribution in [0.4, 0.5) is 0 Å². The van der Waals surface area contributed by atoms with E-state index in [0.29, 0.717) is 10.8 Å². The lowest BCUT2D eigenvalue weighted by molar-refractivity contribution is 0.201. The van der Waals surface area contributed by atoms with Crippen LogP contribution in [0, 0.1) is 16.7 Å². The Kier molecular flexibility index (Phi) is 1.38. The number of hydrogen-bond donors (Lipinski definition) is 0. The first-order chi connectivity index (χ1) is 5.46. The number of rotatable bonds is 0. The summed E-state index contributed by atoms with van der Waals surface area (Å²) >= 11 is 0. The van der Waals surface area contributed by atoms with Gasteiger partial charge in [0.25, 0.3) is 0 Å². The van der Waals surface area contributed by atoms with E-state index in [1.807, 2.05) is 0 Å². The van der Waals surface area contributed by atoms with E-state index in [-0.39, 0.29) is 0 Å². The molecule has 0 aromatic rings. The Hall–Kier alpha value is -0.520. The lowest BCUT2D eigenvalue weighted by Crippen LogP contribution is -2.31. The van der Waals surface area contributed by atoms with Gasteiger partial charge in [-0.1, -0.05) is 45.1 Å². The molecule has 0 aromatic carbocycles. The molecule has 66 valence electrons. The van der Waals surface area contributed by atoms with Crippen molar-refractivity contribution in [1.82, 2.24) is 0 Å². The molecule has 2 atom stereocenters. The molecule has 12 heavy (non-hydrogen) atoms. The Morgan fingerprint density at radius 3 is 2.42 bits per heavy atom. The van der Waals surface area contributed by atoms with Crippen LogP contribution in [-0.2, 0) is 0 Å². The first kappa shape index (κ1) is 8.10. The fourth-order valence-electron chi connectivity index (χ4n) is 2.84. The first-order valence-electron chi connectivity index (χ1n) is 4.83. The fraction of sp³-hybridized carbons (Fsp3) is 0.667. The van der Waals surface area contributed by atoms with Crippen molar-refractivity contribution in [2.24, 2.45) is 16.7 Å². The van der Waals surface area contributed by atoms with Gasteiger partial charge in [-0.2, -0.15) is 0 Å². The van der Waals surface area contributed by atoms with Gasteiger partial charge in [0.2, 0.25) is 0 Å². The van der Waals surface area contributed by atoms with Crippen LogP contribution < -0.4 is 0 Å². The molecule has 0 aromatic heterocycles. The van der Waals surface area contributed by atoms with Crippen LogP contribution in [0.2, 0.25) is 0 Å². The molecule has 0 amide bonds. The zero-order chi connectivity index (χ0) is 8.98. The zero-order valence-corrected chi connectivity index (χ0v) is 8.35. The van der Waals surface area contributed by atoms with Crippen molar-refractivity contribution in [3.63, 3.8) is 0 Å². The van der Waals surface area contributed by atoms with Crippen molar-refractivity contribution in [2.45, 2.75) is 33.6 Å². The van der Waals surface area contributed by atoms with Crippen molar-refractivity contribution in [2.75, 3.05) is 0 Å². The summed E-state index contributed by atoms with van der Waals surface area (Å²) in [6, 6.07) is 0. The topological polar surface area (TPSA) is 0 Å². The van der Waals surface area contributed by atoms with Gasteiger partial charge in [-0.25, -0.2) is 0 Å². The molecule has 0 radical (unpaired) electrons. The van der Waals surface area contributed by atoms with Crippen molar-refractivity contribution in [3.8, 4) is 0 Å². The minimum Gasteiger partial charge on any atom is -0.0989 e. The van der Waals surface area contributed by atoms with Crippen LogP contribution in [0.1, 0.15) is 33.6 Å². The molecular formula is C12H18. The zero-order valence-electron chi connectivity index (χ0n) is 8.35. The first-order valence-corrected chi connectivity index (χ1v) is 4.83. The maximum absolute atomic E-state index is 4.22. The van der Waals surface area contributed by atoms with Crippen LogP contribution in [0.15, 0.2) is 24.3 Å². The van der Waals surface area contributed by atoms with E-state index in [1.54, 1.807) is 0 Å². The standard InChI is InChI=1S/C12H18/c1-9-7-10-5-6-12(9,8-10)11(2,3)4/h5-6,10H,1,7-8H2,2-4H3. The molecule has 2 aliphatic carbocycles. The summed E-state index contributed by atoms with van der Waals surface area (Å²) in [6.45, 7) is 11.2. The minimum absolute atomic E-state index is 0.331. The predicted octanol–water partition coefficient (Wildman–Crippen LogP) is 3.55. The highest BCUT2D eigenvalue weighted by Gasteiger charge is 2.50. The fourth-order valence-corrected chi connectivity index (χ4v) is 2.84. The van der Waals surface area contributed by atoms with Crippen LogP contribution >= 0.6 is 0 Å². The average molecular weight is 162 g/mol. The molecule has 0 heterocycles. The summed E-state index contributed by atoms with van der Waals surface area (Å²) in [7, 11) is 0. The van der Waals surface area contributed by atoms with E-state index in [4.69, 9.17) is 0 Å². The van der Waals surface area contributed by atoms with Gasteiger partial charge in [0.1, 0.15) is 0 Å². The van der Waals surface area contributed by atoms with E-state index >= 15 is 0 Å². The number of fused-ring (bicyclic) bond motifs is 2. The van der Waals surface area contributed by atoms with Gasteiger partial charge < -0.3 is 0 Å². The highest BCUT2D eigenvalue weighted by atomic mass is 14.5. The Bertz CT molecular complexity index is 252. The number of hydrogen-bond acceptors (Lipinski definition) is 0. The molecule has 2 unspecified atom stereocenters. The molecule has 1 fully saturated rings. The highest BCUT2D eigenvalue weighted by Crippen LogP contribution is 2.60. The van der Waals surface area contributed by atoms with Crippen molar-refractivity contribution in [1.29, 1.82) is 0 Å². The molecule has 0 N–H and O–H groups in total. The van der Waals surface area contributed by atoms with E-state index < -0.39 is 0 Å². The summed E-state index contributed by atoms with van der Waals surface area (Å²) in [5.74, 6) is 0.803. The Morgan fingerprint density at radius 2 is 2.17 bits per heavy atom. The second kappa shape index (κ2) is 2.04. The van der Waals surface area contributed by atoms with Crippen molar-refractivity contribution < 1.29 is 0 Å². The Morgan fingerprint density at radius 1 is 1.50 bits per heavy atom. The lowest BCUT2D eigenvalue weighted by Gasteiger charge is -2.39. The molecule has 0 spiro atoms. The van der Waals surface area contributed by atoms with Gasteiger partial charge in [-0.05, 0) is 24.2 Å². The second-order valence-electron chi connectivity index (χ2n) is 5.35. The normalized spacial score (nSPS) is 39.6. The molecular weight excluding hydrogens is 144 g/mol. The van der Waals surface area contributed by atoms with E-state index in [2.05, 4.69) is 39.5 Å². The summed E-state index contributed by atoms with van der Waals surface area (Å²) < 4.78 is 0. The summed E-state index contributed by atoms with van der Waals surface area (Å²) in [5, 5.41) is 0. The third kappa shape index (κ3) is 0.784. The van der Waals surface area contributed by atoms with Gasteiger partial charge in [0.15, 0.2) is 0 Å². The van der Waals surface area contributed by atoms with Gasteiger partial charge in [-0.15, -0.1) is 0 Å². The third-order valence-corrected chi connectivity index (χ3v) is 3.71. The van der Waals surface area contributed by atoms with Crippen LogP contribution in [0.3, 0.4) is 0 Å². The molecule has 2 bridgehead atoms. The van der Waals surface area contributed by atoms with Crippen molar-refractivity contribution in [3.05, 3.63) is 24.3 Å². The maximum atomic E-state index is 4.22. The van der Waals surface area contributed by atoms with Crippen molar-refractivity contribution >= 4 is 0 Å². The van der Waals surface area contributed by atoms with E-state index in [1.165, 1.54) is 18.4 Å². The lowest BCUT2D eigenvalue weighted by atomic mass is 9.64. The molecule has 1 saturated carbocycles. The van der Waals surface area contributed by atoms with Crippen LogP contribution in [0.5, 0.6) is 0 Å². The van der Waals surface area contributed by atoms with Crippen LogP contribution in [0.25, 0.3) is 0 Å². The van der Waals surface area contributed by atoms with Crippen LogP contribution in [-0.4, -0.2) is 0 Å². The van der Waals surface area contributed by atoms with Gasteiger partial charge >= 0.3 is 0 Å². The monoisotopic (exact) mass is 162 g/mol. The Labute approximate surface area is 75.4 Å². The van der Waals surface area contributed by atoms with Gasteiger partial charge in [0, 0.05) is 5.41 Å². The SMILES string of the molecule is C=C1CC2C=CC1(C(C)(C)C)C2. The summed E-state index contributed by atoms with van der Waals surface area (Å²) in [5.41, 5.74) is 2.14. The van der Waals surface area contributed by atoms with E-state index in [9.17, 15) is 0 Å². The predicted molar refractivity (Wildman–Crippen MR) is 52.9 cm³/mol. The number of allylic oxidation sites excluding steroid dienone is 3. The summed E-state index contributed by atoms with van der Waals surface area (Å²) in [6.07, 6.45) is 7.34. The third-order valence-electron chi connectivity index (χ3n) is 3.71. The second-order valence-corrected chi connectivity index (χ2v) is 5.35. The Balaban J connectivity index is 2.44. The minimum atomic E-state index is 0.331. The molecule has 0 nitrogen and oxygen atoms in total. The quantitative estimate of drug-likeness (QED) is 0.478. The average Bonchev–Trinajstić information content (AvgIpc) is 2.41. The largest absolute Gasteiger partial charge is 0.0989 e. The maximum Gasteiger partial charge on any atom is 0.0143 e. The van der Waals surface area contributed by atoms with E-state index in [0.717, 1.165) is 5.92 Å². The smallest absolute Gasteiger partial charge is 0.0143 e. The molecule has 2 rings (SSSR count). The van der Waals surface area contributed by atoms with Gasteiger partial charge in [0.05, 0.1) is 0 Å². The highest BCUT2D eigenvalue weighted by molar-refractivity contribution is 5.35. The molecule has 0 heteroatoms. The van der Waals surface area contributed by atoms with Gasteiger partial charge in [-0.3, -0.25) is 0 Å². The summed E-state index contributed by atoms with van der Waals surface area (Å²) in [4.78, 5) is 0. The molecule has 2 aliphatic rings. The molecule has 0 saturated heterocycles.